The number of hydrogen-bond acceptors (Lipinski definition) is 7. The molecule has 0 radical (unpaired) electrons. The highest BCUT2D eigenvalue weighted by molar-refractivity contribution is 6.39. The van der Waals surface area contributed by atoms with Crippen molar-refractivity contribution in [2.45, 2.75) is 20.3 Å². The number of nitrogens with one attached hydrogen (secondary N) is 2. The molecule has 0 aliphatic heterocycles. The smallest absolute Gasteiger partial charge is 0.343 e. The average Bonchev–Trinajstić information content (AvgIpc) is 2.90. The standard InChI is InChI=1S/C27H26ClN3O6/c1-4-13-36-21-10-7-19(8-11-21)27(34)37-23-12-6-18(14-24(23)35-3)16-29-31-26(33)25(32)30-20-9-5-17(2)22(28)15-20/h5-12,14-16H,4,13H2,1-3H3,(H,30,32)(H,31,33)/b29-16+. The van der Waals surface area contributed by atoms with Crippen molar-refractivity contribution in [3.8, 4) is 17.2 Å². The summed E-state index contributed by atoms with van der Waals surface area (Å²) < 4.78 is 16.3. The van der Waals surface area contributed by atoms with Gasteiger partial charge in [0, 0.05) is 10.7 Å². The third kappa shape index (κ3) is 7.81. The van der Waals surface area contributed by atoms with E-state index in [1.54, 1.807) is 54.6 Å². The lowest BCUT2D eigenvalue weighted by Gasteiger charge is -2.10. The number of halogens is 1. The number of rotatable bonds is 9. The Morgan fingerprint density at radius 2 is 1.73 bits per heavy atom. The van der Waals surface area contributed by atoms with Crippen LogP contribution in [0.25, 0.3) is 0 Å². The molecule has 0 atom stereocenters. The molecule has 0 saturated carbocycles. The van der Waals surface area contributed by atoms with Gasteiger partial charge in [-0.3, -0.25) is 9.59 Å². The molecule has 0 unspecified atom stereocenters. The van der Waals surface area contributed by atoms with Crippen LogP contribution in [0.2, 0.25) is 5.02 Å². The number of amides is 2. The second kappa shape index (κ2) is 13.1. The van der Waals surface area contributed by atoms with E-state index in [-0.39, 0.29) is 11.5 Å². The van der Waals surface area contributed by atoms with Gasteiger partial charge in [0.25, 0.3) is 0 Å². The molecule has 9 nitrogen and oxygen atoms in total. The Morgan fingerprint density at radius 1 is 0.973 bits per heavy atom. The second-order valence-electron chi connectivity index (χ2n) is 7.79. The van der Waals surface area contributed by atoms with E-state index in [4.69, 9.17) is 25.8 Å². The minimum atomic E-state index is -0.962. The number of anilines is 1. The van der Waals surface area contributed by atoms with Crippen LogP contribution in [0, 0.1) is 6.92 Å². The predicted octanol–water partition coefficient (Wildman–Crippen LogP) is 4.75. The minimum Gasteiger partial charge on any atom is -0.494 e. The number of hydrogen-bond donors (Lipinski definition) is 2. The van der Waals surface area contributed by atoms with Crippen LogP contribution in [0.5, 0.6) is 17.2 Å². The lowest BCUT2D eigenvalue weighted by Crippen LogP contribution is -2.32. The van der Waals surface area contributed by atoms with E-state index in [0.29, 0.717) is 34.2 Å². The fraction of sp³-hybridized carbons (Fsp3) is 0.185. The number of methoxy groups -OCH3 is 1. The number of carbonyl (C=O) groups excluding carboxylic acids is 3. The largest absolute Gasteiger partial charge is 0.494 e. The zero-order valence-electron chi connectivity index (χ0n) is 20.5. The molecule has 0 saturated heterocycles. The summed E-state index contributed by atoms with van der Waals surface area (Å²) in [6.07, 6.45) is 2.20. The Balaban J connectivity index is 1.58. The third-order valence-electron chi connectivity index (χ3n) is 4.97. The summed E-state index contributed by atoms with van der Waals surface area (Å²) in [7, 11) is 1.43. The fourth-order valence-corrected chi connectivity index (χ4v) is 3.17. The van der Waals surface area contributed by atoms with Crippen molar-refractivity contribution >= 4 is 41.3 Å². The molecule has 0 bridgehead atoms. The van der Waals surface area contributed by atoms with E-state index in [2.05, 4.69) is 15.8 Å². The van der Waals surface area contributed by atoms with Crippen LogP contribution in [0.1, 0.15) is 34.8 Å². The highest BCUT2D eigenvalue weighted by Gasteiger charge is 2.15. The molecule has 0 aliphatic rings. The quantitative estimate of drug-likeness (QED) is 0.137. The molecule has 0 fully saturated rings. The molecule has 0 heterocycles. The maximum Gasteiger partial charge on any atom is 0.343 e. The van der Waals surface area contributed by atoms with Gasteiger partial charge in [0.1, 0.15) is 5.75 Å². The van der Waals surface area contributed by atoms with Crippen LogP contribution in [-0.4, -0.2) is 37.7 Å². The van der Waals surface area contributed by atoms with Gasteiger partial charge in [-0.15, -0.1) is 0 Å². The second-order valence-corrected chi connectivity index (χ2v) is 8.20. The monoisotopic (exact) mass is 523 g/mol. The number of ether oxygens (including phenoxy) is 3. The first kappa shape index (κ1) is 27.2. The van der Waals surface area contributed by atoms with Crippen LogP contribution in [0.4, 0.5) is 5.69 Å². The highest BCUT2D eigenvalue weighted by atomic mass is 35.5. The Morgan fingerprint density at radius 3 is 2.41 bits per heavy atom. The van der Waals surface area contributed by atoms with Gasteiger partial charge in [-0.05, 0) is 79.1 Å². The van der Waals surface area contributed by atoms with Crippen molar-refractivity contribution in [1.29, 1.82) is 0 Å². The van der Waals surface area contributed by atoms with Crippen molar-refractivity contribution in [2.24, 2.45) is 5.10 Å². The molecule has 2 N–H and O–H groups in total. The first-order chi connectivity index (χ1) is 17.8. The molecule has 192 valence electrons. The average molecular weight is 524 g/mol. The number of nitrogens with zero attached hydrogens (tertiary/aromatic N) is 1. The molecule has 10 heteroatoms. The van der Waals surface area contributed by atoms with Gasteiger partial charge in [0.05, 0.1) is 25.5 Å². The Kier molecular flexibility index (Phi) is 9.62. The van der Waals surface area contributed by atoms with Crippen molar-refractivity contribution in [1.82, 2.24) is 5.43 Å². The van der Waals surface area contributed by atoms with Gasteiger partial charge in [-0.2, -0.15) is 5.10 Å². The first-order valence-corrected chi connectivity index (χ1v) is 11.7. The molecule has 3 aromatic rings. The molecule has 2 amide bonds. The maximum atomic E-state index is 12.5. The molecule has 0 aliphatic carbocycles. The molecule has 3 aromatic carbocycles. The minimum absolute atomic E-state index is 0.205. The molecule has 37 heavy (non-hydrogen) atoms. The molecular formula is C27H26ClN3O6. The number of aryl methyl sites for hydroxylation is 1. The van der Waals surface area contributed by atoms with Crippen molar-refractivity contribution in [3.05, 3.63) is 82.4 Å². The number of esters is 1. The van der Waals surface area contributed by atoms with E-state index in [0.717, 1.165) is 12.0 Å². The van der Waals surface area contributed by atoms with Gasteiger partial charge in [0.15, 0.2) is 11.5 Å². The summed E-state index contributed by atoms with van der Waals surface area (Å²) in [6, 6.07) is 16.2. The van der Waals surface area contributed by atoms with Gasteiger partial charge >= 0.3 is 17.8 Å². The summed E-state index contributed by atoms with van der Waals surface area (Å²) in [5.74, 6) is -1.27. The SMILES string of the molecule is CCCOc1ccc(C(=O)Oc2ccc(/C=N/NC(=O)C(=O)Nc3ccc(C)c(Cl)c3)cc2OC)cc1. The lowest BCUT2D eigenvalue weighted by molar-refractivity contribution is -0.136. The van der Waals surface area contributed by atoms with Gasteiger partial charge in [0.2, 0.25) is 0 Å². The molecule has 3 rings (SSSR count). The van der Waals surface area contributed by atoms with Crippen LogP contribution in [0.3, 0.4) is 0 Å². The fourth-order valence-electron chi connectivity index (χ4n) is 2.99. The van der Waals surface area contributed by atoms with E-state index >= 15 is 0 Å². The van der Waals surface area contributed by atoms with Crippen LogP contribution >= 0.6 is 11.6 Å². The van der Waals surface area contributed by atoms with Gasteiger partial charge in [-0.1, -0.05) is 24.6 Å². The Bertz CT molecular complexity index is 1310. The van der Waals surface area contributed by atoms with E-state index < -0.39 is 17.8 Å². The summed E-state index contributed by atoms with van der Waals surface area (Å²) in [5.41, 5.74) is 4.26. The van der Waals surface area contributed by atoms with Crippen molar-refractivity contribution in [2.75, 3.05) is 19.0 Å². The summed E-state index contributed by atoms with van der Waals surface area (Å²) in [5, 5.41) is 6.70. The van der Waals surface area contributed by atoms with E-state index in [1.165, 1.54) is 19.4 Å². The van der Waals surface area contributed by atoms with Crippen molar-refractivity contribution < 1.29 is 28.6 Å². The highest BCUT2D eigenvalue weighted by Crippen LogP contribution is 2.28. The zero-order valence-corrected chi connectivity index (χ0v) is 21.3. The number of carbonyl (C=O) groups is 3. The lowest BCUT2D eigenvalue weighted by atomic mass is 10.2. The van der Waals surface area contributed by atoms with Crippen molar-refractivity contribution in [3.63, 3.8) is 0 Å². The molecular weight excluding hydrogens is 498 g/mol. The zero-order chi connectivity index (χ0) is 26.8. The van der Waals surface area contributed by atoms with Gasteiger partial charge < -0.3 is 19.5 Å². The van der Waals surface area contributed by atoms with Crippen LogP contribution < -0.4 is 25.0 Å². The number of hydrazone groups is 1. The van der Waals surface area contributed by atoms with E-state index in [1.807, 2.05) is 13.8 Å². The molecule has 0 aromatic heterocycles. The third-order valence-corrected chi connectivity index (χ3v) is 5.38. The summed E-state index contributed by atoms with van der Waals surface area (Å²) in [4.78, 5) is 36.6. The number of benzene rings is 3. The maximum absolute atomic E-state index is 12.5. The normalized spacial score (nSPS) is 10.6. The summed E-state index contributed by atoms with van der Waals surface area (Å²) in [6.45, 7) is 4.43. The molecule has 0 spiro atoms. The summed E-state index contributed by atoms with van der Waals surface area (Å²) >= 11 is 6.03. The first-order valence-electron chi connectivity index (χ1n) is 11.3. The Labute approximate surface area is 219 Å². The topological polar surface area (TPSA) is 115 Å². The van der Waals surface area contributed by atoms with Crippen LogP contribution in [-0.2, 0) is 9.59 Å². The van der Waals surface area contributed by atoms with Gasteiger partial charge in [-0.25, -0.2) is 10.2 Å². The Hall–Kier alpha value is -4.37. The van der Waals surface area contributed by atoms with Crippen LogP contribution in [0.15, 0.2) is 65.8 Å². The predicted molar refractivity (Wildman–Crippen MR) is 141 cm³/mol. The van der Waals surface area contributed by atoms with E-state index in [9.17, 15) is 14.4 Å².